The van der Waals surface area contributed by atoms with Crippen LogP contribution in [-0.4, -0.2) is 30.3 Å². The van der Waals surface area contributed by atoms with Crippen LogP contribution in [0.25, 0.3) is 11.3 Å². The molecule has 2 heterocycles. The van der Waals surface area contributed by atoms with Gasteiger partial charge in [-0.2, -0.15) is 13.2 Å². The highest BCUT2D eigenvalue weighted by Gasteiger charge is 2.27. The molecule has 120 valence electrons. The summed E-state index contributed by atoms with van der Waals surface area (Å²) in [4.78, 5) is 15.7. The first-order chi connectivity index (χ1) is 10.2. The molecule has 0 radical (unpaired) electrons. The van der Waals surface area contributed by atoms with Gasteiger partial charge in [0.1, 0.15) is 24.7 Å². The van der Waals surface area contributed by atoms with Crippen molar-refractivity contribution in [2.75, 3.05) is 18.5 Å². The van der Waals surface area contributed by atoms with Crippen LogP contribution in [0.1, 0.15) is 11.5 Å². The quantitative estimate of drug-likeness (QED) is 0.908. The number of alkyl halides is 3. The largest absolute Gasteiger partial charge is 0.466 e. The molecule has 1 N–H and O–H groups in total. The molecule has 0 aromatic carbocycles. The predicted molar refractivity (Wildman–Crippen MR) is 74.8 cm³/mol. The maximum Gasteiger partial charge on any atom is 0.411 e. The fourth-order valence-corrected chi connectivity index (χ4v) is 2.48. The minimum Gasteiger partial charge on any atom is -0.466 e. The van der Waals surface area contributed by atoms with Gasteiger partial charge in [-0.3, -0.25) is 10.1 Å². The molecule has 2 aromatic heterocycles. The third kappa shape index (κ3) is 4.57. The first-order valence-corrected chi connectivity index (χ1v) is 7.10. The molecule has 0 fully saturated rings. The molecule has 2 rings (SSSR count). The summed E-state index contributed by atoms with van der Waals surface area (Å²) in [5.41, 5.74) is 1.44. The second-order valence-electron chi connectivity index (χ2n) is 4.52. The van der Waals surface area contributed by atoms with Gasteiger partial charge >= 0.3 is 6.18 Å². The van der Waals surface area contributed by atoms with Crippen LogP contribution in [0.2, 0.25) is 0 Å². The predicted octanol–water partition coefficient (Wildman–Crippen LogP) is 3.54. The van der Waals surface area contributed by atoms with E-state index in [0.29, 0.717) is 11.5 Å². The molecule has 0 aliphatic carbocycles. The van der Waals surface area contributed by atoms with Crippen molar-refractivity contribution in [3.8, 4) is 11.3 Å². The Bertz CT molecular complexity index is 664. The van der Waals surface area contributed by atoms with Gasteiger partial charge in [-0.05, 0) is 19.9 Å². The molecule has 2 aromatic rings. The first kappa shape index (κ1) is 16.5. The summed E-state index contributed by atoms with van der Waals surface area (Å²) >= 11 is 1.17. The lowest BCUT2D eigenvalue weighted by Gasteiger charge is -2.06. The van der Waals surface area contributed by atoms with Crippen molar-refractivity contribution in [2.24, 2.45) is 0 Å². The van der Waals surface area contributed by atoms with Crippen molar-refractivity contribution >= 4 is 22.4 Å². The second kappa shape index (κ2) is 6.49. The van der Waals surface area contributed by atoms with Gasteiger partial charge < -0.3 is 9.15 Å². The van der Waals surface area contributed by atoms with Gasteiger partial charge in [0, 0.05) is 10.9 Å². The van der Waals surface area contributed by atoms with Crippen LogP contribution < -0.4 is 5.32 Å². The molecular formula is C13H13F3N2O3S. The van der Waals surface area contributed by atoms with Crippen LogP contribution in [-0.2, 0) is 9.53 Å². The standard InChI is InChI=1S/C13H13F3N2O3S/c1-7-3-9(8(2)21-7)10-5-22-12(17-10)18-11(19)4-20-6-13(14,15)16/h3,5H,4,6H2,1-2H3,(H,17,18,19). The van der Waals surface area contributed by atoms with E-state index in [2.05, 4.69) is 15.0 Å². The Morgan fingerprint density at radius 2 is 2.18 bits per heavy atom. The van der Waals surface area contributed by atoms with Gasteiger partial charge in [0.2, 0.25) is 0 Å². The number of nitrogens with zero attached hydrogens (tertiary/aromatic N) is 1. The Hall–Kier alpha value is -1.87. The first-order valence-electron chi connectivity index (χ1n) is 6.22. The van der Waals surface area contributed by atoms with Crippen molar-refractivity contribution in [1.29, 1.82) is 0 Å². The van der Waals surface area contributed by atoms with E-state index in [0.717, 1.165) is 11.3 Å². The van der Waals surface area contributed by atoms with Crippen molar-refractivity contribution in [3.05, 3.63) is 23.0 Å². The summed E-state index contributed by atoms with van der Waals surface area (Å²) in [6.45, 7) is 1.46. The minimum absolute atomic E-state index is 0.286. The topological polar surface area (TPSA) is 64.4 Å². The Morgan fingerprint density at radius 1 is 1.45 bits per heavy atom. The zero-order valence-corrected chi connectivity index (χ0v) is 12.6. The number of rotatable bonds is 5. The zero-order valence-electron chi connectivity index (χ0n) is 11.8. The molecule has 22 heavy (non-hydrogen) atoms. The van der Waals surface area contributed by atoms with Crippen molar-refractivity contribution in [2.45, 2.75) is 20.0 Å². The molecule has 0 spiro atoms. The number of hydrogen-bond acceptors (Lipinski definition) is 5. The van der Waals surface area contributed by atoms with Crippen LogP contribution in [0.3, 0.4) is 0 Å². The highest BCUT2D eigenvalue weighted by atomic mass is 32.1. The lowest BCUT2D eigenvalue weighted by atomic mass is 10.2. The van der Waals surface area contributed by atoms with Crippen LogP contribution in [0.15, 0.2) is 15.9 Å². The van der Waals surface area contributed by atoms with Crippen LogP contribution in [0.4, 0.5) is 18.3 Å². The number of thiazole rings is 1. The molecule has 0 bridgehead atoms. The van der Waals surface area contributed by atoms with Gasteiger partial charge in [0.15, 0.2) is 5.13 Å². The van der Waals surface area contributed by atoms with E-state index in [1.54, 1.807) is 12.3 Å². The number of carbonyl (C=O) groups excluding carboxylic acids is 1. The molecular weight excluding hydrogens is 321 g/mol. The molecule has 0 aliphatic heterocycles. The maximum absolute atomic E-state index is 11.9. The Kier molecular flexibility index (Phi) is 4.87. The number of amides is 1. The molecule has 9 heteroatoms. The Labute approximate surface area is 128 Å². The summed E-state index contributed by atoms with van der Waals surface area (Å²) < 4.78 is 45.3. The highest BCUT2D eigenvalue weighted by Crippen LogP contribution is 2.29. The third-order valence-electron chi connectivity index (χ3n) is 2.57. The fourth-order valence-electron chi connectivity index (χ4n) is 1.75. The monoisotopic (exact) mass is 334 g/mol. The molecule has 0 unspecified atom stereocenters. The average molecular weight is 334 g/mol. The number of hydrogen-bond donors (Lipinski definition) is 1. The van der Waals surface area contributed by atoms with Crippen molar-refractivity contribution in [3.63, 3.8) is 0 Å². The van der Waals surface area contributed by atoms with E-state index >= 15 is 0 Å². The highest BCUT2D eigenvalue weighted by molar-refractivity contribution is 7.14. The molecule has 1 amide bonds. The molecule has 0 saturated carbocycles. The van der Waals surface area contributed by atoms with E-state index in [9.17, 15) is 18.0 Å². The van der Waals surface area contributed by atoms with Crippen molar-refractivity contribution in [1.82, 2.24) is 4.98 Å². The Morgan fingerprint density at radius 3 is 2.77 bits per heavy atom. The lowest BCUT2D eigenvalue weighted by molar-refractivity contribution is -0.174. The molecule has 0 saturated heterocycles. The van der Waals surface area contributed by atoms with Crippen molar-refractivity contribution < 1.29 is 27.1 Å². The minimum atomic E-state index is -4.45. The van der Waals surface area contributed by atoms with E-state index in [-0.39, 0.29) is 5.13 Å². The normalized spacial score (nSPS) is 11.7. The molecule has 0 aliphatic rings. The van der Waals surface area contributed by atoms with E-state index in [1.807, 2.05) is 13.0 Å². The van der Waals surface area contributed by atoms with Crippen LogP contribution >= 0.6 is 11.3 Å². The summed E-state index contributed by atoms with van der Waals surface area (Å²) in [5.74, 6) is 0.756. The van der Waals surface area contributed by atoms with E-state index < -0.39 is 25.3 Å². The number of aromatic nitrogens is 1. The number of ether oxygens (including phenoxy) is 1. The van der Waals surface area contributed by atoms with Gasteiger partial charge in [0.05, 0.1) is 5.69 Å². The van der Waals surface area contributed by atoms with E-state index in [1.165, 1.54) is 11.3 Å². The zero-order chi connectivity index (χ0) is 16.3. The second-order valence-corrected chi connectivity index (χ2v) is 5.38. The van der Waals surface area contributed by atoms with Crippen LogP contribution in [0.5, 0.6) is 0 Å². The summed E-state index contributed by atoms with van der Waals surface area (Å²) in [5, 5.41) is 4.40. The Balaban J connectivity index is 1.92. The lowest BCUT2D eigenvalue weighted by Crippen LogP contribution is -2.23. The summed E-state index contributed by atoms with van der Waals surface area (Å²) in [6.07, 6.45) is -4.45. The smallest absolute Gasteiger partial charge is 0.411 e. The molecule has 5 nitrogen and oxygen atoms in total. The number of nitrogens with one attached hydrogen (secondary N) is 1. The van der Waals surface area contributed by atoms with Gasteiger partial charge in [-0.15, -0.1) is 11.3 Å². The number of aryl methyl sites for hydroxylation is 2. The maximum atomic E-state index is 11.9. The molecule has 0 atom stereocenters. The third-order valence-corrected chi connectivity index (χ3v) is 3.32. The van der Waals surface area contributed by atoms with Crippen LogP contribution in [0, 0.1) is 13.8 Å². The summed E-state index contributed by atoms with van der Waals surface area (Å²) in [6, 6.07) is 1.82. The number of halogens is 3. The fraction of sp³-hybridized carbons (Fsp3) is 0.385. The van der Waals surface area contributed by atoms with E-state index in [4.69, 9.17) is 4.42 Å². The number of carbonyl (C=O) groups is 1. The SMILES string of the molecule is Cc1cc(-c2csc(NC(=O)COCC(F)(F)F)n2)c(C)o1. The summed E-state index contributed by atoms with van der Waals surface area (Å²) in [7, 11) is 0. The van der Waals surface area contributed by atoms with Gasteiger partial charge in [0.25, 0.3) is 5.91 Å². The average Bonchev–Trinajstić information content (AvgIpc) is 2.94. The number of furan rings is 1. The van der Waals surface area contributed by atoms with Gasteiger partial charge in [-0.1, -0.05) is 0 Å². The number of anilines is 1. The van der Waals surface area contributed by atoms with Gasteiger partial charge in [-0.25, -0.2) is 4.98 Å².